The molecule has 0 aliphatic heterocycles. The third-order valence-electron chi connectivity index (χ3n) is 2.73. The first-order valence-corrected chi connectivity index (χ1v) is 5.56. The van der Waals surface area contributed by atoms with Crippen LogP contribution in [-0.2, 0) is 0 Å². The van der Waals surface area contributed by atoms with Gasteiger partial charge in [0, 0.05) is 12.2 Å². The van der Waals surface area contributed by atoms with E-state index in [0.29, 0.717) is 11.2 Å². The minimum Gasteiger partial charge on any atom is -0.380 e. The van der Waals surface area contributed by atoms with Gasteiger partial charge in [-0.25, -0.2) is 4.98 Å². The minimum absolute atomic E-state index is 0.566. The molecule has 1 aromatic heterocycles. The Balaban J connectivity index is 2.04. The normalized spacial score (nSPS) is 17.9. The molecule has 1 aliphatic carbocycles. The van der Waals surface area contributed by atoms with Crippen LogP contribution in [0.5, 0.6) is 0 Å². The minimum atomic E-state index is 0.566. The fraction of sp³-hybridized carbons (Fsp3) is 0.545. The first kappa shape index (κ1) is 9.78. The van der Waals surface area contributed by atoms with Gasteiger partial charge in [-0.1, -0.05) is 18.5 Å². The predicted octanol–water partition coefficient (Wildman–Crippen LogP) is 3.34. The molecular weight excluding hydrogens is 196 g/mol. The molecule has 0 saturated heterocycles. The number of anilines is 1. The molecule has 0 spiro atoms. The third kappa shape index (κ3) is 2.18. The van der Waals surface area contributed by atoms with Gasteiger partial charge in [-0.15, -0.1) is 0 Å². The van der Waals surface area contributed by atoms with E-state index < -0.39 is 0 Å². The highest BCUT2D eigenvalue weighted by molar-refractivity contribution is 6.31. The van der Waals surface area contributed by atoms with E-state index in [0.717, 1.165) is 18.0 Å². The van der Waals surface area contributed by atoms with Crippen molar-refractivity contribution in [1.29, 1.82) is 0 Å². The van der Waals surface area contributed by atoms with E-state index in [2.05, 4.69) is 17.2 Å². The molecule has 1 aliphatic rings. The zero-order valence-corrected chi connectivity index (χ0v) is 9.09. The molecule has 2 rings (SSSR count). The monoisotopic (exact) mass is 210 g/mol. The molecular formula is C11H15ClN2. The molecule has 2 nitrogen and oxygen atoms in total. The lowest BCUT2D eigenvalue weighted by atomic mass is 10.1. The highest BCUT2D eigenvalue weighted by Crippen LogP contribution is 2.36. The standard InChI is InChI=1S/C11H15ClN2/c1-2-9(8-5-6-8)14-10-4-3-7-13-11(10)12/h3-4,7-9,14H,2,5-6H2,1H3. The number of aromatic nitrogens is 1. The summed E-state index contributed by atoms with van der Waals surface area (Å²) < 4.78 is 0. The lowest BCUT2D eigenvalue weighted by Crippen LogP contribution is -2.20. The Morgan fingerprint density at radius 1 is 1.64 bits per heavy atom. The van der Waals surface area contributed by atoms with Crippen molar-refractivity contribution >= 4 is 17.3 Å². The maximum Gasteiger partial charge on any atom is 0.152 e. The number of hydrogen-bond acceptors (Lipinski definition) is 2. The summed E-state index contributed by atoms with van der Waals surface area (Å²) in [6, 6.07) is 4.46. The number of nitrogens with one attached hydrogen (secondary N) is 1. The Bertz CT molecular complexity index is 310. The van der Waals surface area contributed by atoms with Crippen LogP contribution in [0.1, 0.15) is 26.2 Å². The van der Waals surface area contributed by atoms with Crippen molar-refractivity contribution in [2.75, 3.05) is 5.32 Å². The van der Waals surface area contributed by atoms with Gasteiger partial charge in [-0.05, 0) is 37.3 Å². The van der Waals surface area contributed by atoms with Gasteiger partial charge in [-0.2, -0.15) is 0 Å². The lowest BCUT2D eigenvalue weighted by Gasteiger charge is -2.17. The number of halogens is 1. The van der Waals surface area contributed by atoms with Crippen molar-refractivity contribution in [1.82, 2.24) is 4.98 Å². The molecule has 0 amide bonds. The van der Waals surface area contributed by atoms with Crippen LogP contribution in [-0.4, -0.2) is 11.0 Å². The molecule has 1 N–H and O–H groups in total. The molecule has 76 valence electrons. The second-order valence-electron chi connectivity index (χ2n) is 3.84. The molecule has 14 heavy (non-hydrogen) atoms. The average molecular weight is 211 g/mol. The maximum atomic E-state index is 5.98. The Morgan fingerprint density at radius 3 is 3.00 bits per heavy atom. The first-order valence-electron chi connectivity index (χ1n) is 5.18. The van der Waals surface area contributed by atoms with Crippen molar-refractivity contribution in [2.24, 2.45) is 5.92 Å². The van der Waals surface area contributed by atoms with Crippen molar-refractivity contribution in [3.63, 3.8) is 0 Å². The Kier molecular flexibility index (Phi) is 2.92. The van der Waals surface area contributed by atoms with Crippen LogP contribution in [0.4, 0.5) is 5.69 Å². The van der Waals surface area contributed by atoms with Crippen molar-refractivity contribution in [2.45, 2.75) is 32.2 Å². The Hall–Kier alpha value is -0.760. The number of nitrogens with zero attached hydrogens (tertiary/aromatic N) is 1. The van der Waals surface area contributed by atoms with Gasteiger partial charge in [0.1, 0.15) is 0 Å². The van der Waals surface area contributed by atoms with Crippen molar-refractivity contribution in [3.05, 3.63) is 23.5 Å². The molecule has 0 radical (unpaired) electrons. The van der Waals surface area contributed by atoms with E-state index in [1.165, 1.54) is 12.8 Å². The summed E-state index contributed by atoms with van der Waals surface area (Å²) in [5.41, 5.74) is 0.966. The van der Waals surface area contributed by atoms with Crippen molar-refractivity contribution < 1.29 is 0 Å². The van der Waals surface area contributed by atoms with Gasteiger partial charge in [0.25, 0.3) is 0 Å². The topological polar surface area (TPSA) is 24.9 Å². The van der Waals surface area contributed by atoms with Crippen molar-refractivity contribution in [3.8, 4) is 0 Å². The number of rotatable bonds is 4. The van der Waals surface area contributed by atoms with Gasteiger partial charge < -0.3 is 5.32 Å². The van der Waals surface area contributed by atoms with E-state index in [9.17, 15) is 0 Å². The van der Waals surface area contributed by atoms with E-state index in [4.69, 9.17) is 11.6 Å². The van der Waals surface area contributed by atoms with Gasteiger partial charge in [0.05, 0.1) is 5.69 Å². The fourth-order valence-corrected chi connectivity index (χ4v) is 1.92. The van der Waals surface area contributed by atoms with Gasteiger partial charge in [-0.3, -0.25) is 0 Å². The lowest BCUT2D eigenvalue weighted by molar-refractivity contribution is 0.616. The van der Waals surface area contributed by atoms with Gasteiger partial charge in [0.2, 0.25) is 0 Å². The Labute approximate surface area is 89.7 Å². The summed E-state index contributed by atoms with van der Waals surface area (Å²) in [6.45, 7) is 2.21. The summed E-state index contributed by atoms with van der Waals surface area (Å²) in [6.07, 6.45) is 5.56. The zero-order chi connectivity index (χ0) is 9.97. The largest absolute Gasteiger partial charge is 0.380 e. The molecule has 1 aromatic rings. The summed E-state index contributed by atoms with van der Waals surface area (Å²) >= 11 is 5.98. The number of pyridine rings is 1. The summed E-state index contributed by atoms with van der Waals surface area (Å²) in [5.74, 6) is 0.844. The molecule has 0 aromatic carbocycles. The van der Waals surface area contributed by atoms with Gasteiger partial charge in [0.15, 0.2) is 5.15 Å². The average Bonchev–Trinajstić information content (AvgIpc) is 3.00. The molecule has 1 saturated carbocycles. The highest BCUT2D eigenvalue weighted by atomic mass is 35.5. The van der Waals surface area contributed by atoms with E-state index in [-0.39, 0.29) is 0 Å². The van der Waals surface area contributed by atoms with Crippen LogP contribution in [0.25, 0.3) is 0 Å². The molecule has 1 unspecified atom stereocenters. The van der Waals surface area contributed by atoms with E-state index in [1.54, 1.807) is 6.20 Å². The van der Waals surface area contributed by atoms with E-state index in [1.807, 2.05) is 12.1 Å². The third-order valence-corrected chi connectivity index (χ3v) is 3.03. The molecule has 3 heteroatoms. The predicted molar refractivity (Wildman–Crippen MR) is 59.7 cm³/mol. The highest BCUT2D eigenvalue weighted by Gasteiger charge is 2.30. The SMILES string of the molecule is CCC(Nc1cccnc1Cl)C1CC1. The molecule has 1 heterocycles. The van der Waals surface area contributed by atoms with Crippen LogP contribution in [0.2, 0.25) is 5.15 Å². The first-order chi connectivity index (χ1) is 6.81. The van der Waals surface area contributed by atoms with E-state index >= 15 is 0 Å². The summed E-state index contributed by atoms with van der Waals surface area (Å²) in [7, 11) is 0. The summed E-state index contributed by atoms with van der Waals surface area (Å²) in [5, 5.41) is 4.04. The zero-order valence-electron chi connectivity index (χ0n) is 8.33. The summed E-state index contributed by atoms with van der Waals surface area (Å²) in [4.78, 5) is 4.05. The van der Waals surface area contributed by atoms with Crippen LogP contribution in [0.15, 0.2) is 18.3 Å². The second-order valence-corrected chi connectivity index (χ2v) is 4.20. The fourth-order valence-electron chi connectivity index (χ4n) is 1.75. The van der Waals surface area contributed by atoms with Crippen LogP contribution in [0, 0.1) is 5.92 Å². The second kappa shape index (κ2) is 4.18. The molecule has 1 atom stereocenters. The smallest absolute Gasteiger partial charge is 0.152 e. The molecule has 1 fully saturated rings. The van der Waals surface area contributed by atoms with Crippen LogP contribution in [0.3, 0.4) is 0 Å². The quantitative estimate of drug-likeness (QED) is 0.772. The number of hydrogen-bond donors (Lipinski definition) is 1. The maximum absolute atomic E-state index is 5.98. The Morgan fingerprint density at radius 2 is 2.43 bits per heavy atom. The molecule has 0 bridgehead atoms. The van der Waals surface area contributed by atoms with Gasteiger partial charge >= 0.3 is 0 Å². The van der Waals surface area contributed by atoms with Crippen LogP contribution < -0.4 is 5.32 Å². The van der Waals surface area contributed by atoms with Crippen LogP contribution >= 0.6 is 11.6 Å².